The summed E-state index contributed by atoms with van der Waals surface area (Å²) in [7, 11) is 0. The largest absolute Gasteiger partial charge is 0.507 e. The second-order valence-corrected chi connectivity index (χ2v) is 9.60. The third-order valence-electron chi connectivity index (χ3n) is 7.36. The summed E-state index contributed by atoms with van der Waals surface area (Å²) in [5.74, 6) is 0.374. The van der Waals surface area contributed by atoms with Crippen LogP contribution in [0.2, 0.25) is 0 Å². The average molecular weight is 376 g/mol. The molecule has 0 saturated carbocycles. The van der Waals surface area contributed by atoms with E-state index in [1.54, 1.807) is 0 Å². The van der Waals surface area contributed by atoms with Crippen molar-refractivity contribution < 1.29 is 5.11 Å². The van der Waals surface area contributed by atoms with Gasteiger partial charge >= 0.3 is 0 Å². The first-order valence-corrected chi connectivity index (χ1v) is 10.4. The normalized spacial score (nSPS) is 17.0. The van der Waals surface area contributed by atoms with E-state index in [2.05, 4.69) is 76.2 Å². The molecule has 142 valence electrons. The Hall–Kier alpha value is -3.06. The molecule has 1 N–H and O–H groups in total. The second kappa shape index (κ2) is 5.10. The summed E-state index contributed by atoms with van der Waals surface area (Å²) in [6.45, 7) is 9.23. The molecule has 4 aromatic carbocycles. The molecule has 2 aliphatic rings. The molecule has 29 heavy (non-hydrogen) atoms. The maximum atomic E-state index is 10.7. The van der Waals surface area contributed by atoms with Crippen LogP contribution in [0.5, 0.6) is 5.75 Å². The third kappa shape index (κ3) is 1.91. The van der Waals surface area contributed by atoms with Crippen molar-refractivity contribution in [1.82, 2.24) is 0 Å². The van der Waals surface area contributed by atoms with Crippen LogP contribution in [0.25, 0.3) is 33.0 Å². The Bertz CT molecular complexity index is 1350. The van der Waals surface area contributed by atoms with Gasteiger partial charge in [-0.05, 0) is 68.1 Å². The molecule has 0 aliphatic heterocycles. The maximum Gasteiger partial charge on any atom is 0.123 e. The first kappa shape index (κ1) is 16.9. The molecule has 0 saturated heterocycles. The minimum atomic E-state index is -0.150. The predicted molar refractivity (Wildman–Crippen MR) is 121 cm³/mol. The van der Waals surface area contributed by atoms with Gasteiger partial charge in [0, 0.05) is 16.2 Å². The summed E-state index contributed by atoms with van der Waals surface area (Å²) in [5, 5.41) is 12.8. The fourth-order valence-electron chi connectivity index (χ4n) is 5.76. The minimum absolute atomic E-state index is 0.0133. The highest BCUT2D eigenvalue weighted by molar-refractivity contribution is 6.06. The van der Waals surface area contributed by atoms with Crippen LogP contribution < -0.4 is 0 Å². The van der Waals surface area contributed by atoms with E-state index in [1.165, 1.54) is 44.5 Å². The smallest absolute Gasteiger partial charge is 0.123 e. The van der Waals surface area contributed by atoms with Gasteiger partial charge in [-0.2, -0.15) is 0 Å². The molecule has 2 aliphatic carbocycles. The van der Waals surface area contributed by atoms with Crippen LogP contribution >= 0.6 is 0 Å². The third-order valence-corrected chi connectivity index (χ3v) is 7.36. The van der Waals surface area contributed by atoms with Crippen molar-refractivity contribution in [3.8, 4) is 28.0 Å². The molecule has 0 spiro atoms. The zero-order valence-electron chi connectivity index (χ0n) is 17.3. The monoisotopic (exact) mass is 376 g/mol. The lowest BCUT2D eigenvalue weighted by Gasteiger charge is -2.24. The number of hydrogen-bond donors (Lipinski definition) is 1. The maximum absolute atomic E-state index is 10.7. The van der Waals surface area contributed by atoms with Crippen LogP contribution in [0, 0.1) is 0 Å². The lowest BCUT2D eigenvalue weighted by Crippen LogP contribution is -2.17. The molecule has 6 rings (SSSR count). The van der Waals surface area contributed by atoms with Gasteiger partial charge in [-0.15, -0.1) is 0 Å². The summed E-state index contributed by atoms with van der Waals surface area (Å²) < 4.78 is 0. The zero-order valence-corrected chi connectivity index (χ0v) is 17.3. The van der Waals surface area contributed by atoms with E-state index in [0.717, 1.165) is 10.8 Å². The number of phenols is 1. The highest BCUT2D eigenvalue weighted by Crippen LogP contribution is 2.57. The van der Waals surface area contributed by atoms with E-state index in [1.807, 2.05) is 18.2 Å². The quantitative estimate of drug-likeness (QED) is 0.345. The molecule has 0 atom stereocenters. The Kier molecular flexibility index (Phi) is 2.96. The van der Waals surface area contributed by atoms with Gasteiger partial charge in [-0.25, -0.2) is 0 Å². The second-order valence-electron chi connectivity index (χ2n) is 9.60. The van der Waals surface area contributed by atoms with E-state index in [9.17, 15) is 5.11 Å². The topological polar surface area (TPSA) is 20.2 Å². The van der Waals surface area contributed by atoms with Crippen molar-refractivity contribution >= 4 is 10.8 Å². The summed E-state index contributed by atoms with van der Waals surface area (Å²) in [5.41, 5.74) is 10.5. The molecule has 4 aromatic rings. The van der Waals surface area contributed by atoms with Crippen molar-refractivity contribution in [2.24, 2.45) is 0 Å². The number of benzene rings is 4. The minimum Gasteiger partial charge on any atom is -0.507 e. The van der Waals surface area contributed by atoms with Crippen LogP contribution in [-0.4, -0.2) is 5.11 Å². The Balaban J connectivity index is 1.75. The van der Waals surface area contributed by atoms with Crippen molar-refractivity contribution in [1.29, 1.82) is 0 Å². The first-order valence-electron chi connectivity index (χ1n) is 10.4. The van der Waals surface area contributed by atoms with E-state index >= 15 is 0 Å². The first-order chi connectivity index (χ1) is 13.8. The van der Waals surface area contributed by atoms with E-state index < -0.39 is 0 Å². The lowest BCUT2D eigenvalue weighted by atomic mass is 9.79. The van der Waals surface area contributed by atoms with E-state index in [-0.39, 0.29) is 10.8 Å². The van der Waals surface area contributed by atoms with E-state index in [0.29, 0.717) is 5.75 Å². The molecule has 1 heteroatoms. The van der Waals surface area contributed by atoms with Crippen molar-refractivity contribution in [2.75, 3.05) is 0 Å². The summed E-state index contributed by atoms with van der Waals surface area (Å²) in [6, 6.07) is 23.9. The standard InChI is InChI=1S/C28H24O/c1-27(2)21-12-8-7-9-16(21)19-13-23-20(14-22(19)27)26-18-11-6-5-10-17(18)25(29)15-24(26)28(23,3)4/h5-15,29H,1-4H3. The van der Waals surface area contributed by atoms with Gasteiger partial charge in [0.1, 0.15) is 5.75 Å². The molecule has 0 fully saturated rings. The van der Waals surface area contributed by atoms with Gasteiger partial charge in [0.15, 0.2) is 0 Å². The van der Waals surface area contributed by atoms with Gasteiger partial charge in [-0.3, -0.25) is 0 Å². The zero-order chi connectivity index (χ0) is 20.1. The van der Waals surface area contributed by atoms with Crippen molar-refractivity contribution in [3.05, 3.63) is 89.0 Å². The molecule has 0 bridgehead atoms. The Morgan fingerprint density at radius 2 is 1.14 bits per heavy atom. The summed E-state index contributed by atoms with van der Waals surface area (Å²) in [4.78, 5) is 0. The summed E-state index contributed by atoms with van der Waals surface area (Å²) in [6.07, 6.45) is 0. The molecular weight excluding hydrogens is 352 g/mol. The number of fused-ring (bicyclic) bond motifs is 8. The number of rotatable bonds is 0. The van der Waals surface area contributed by atoms with Crippen molar-refractivity contribution in [3.63, 3.8) is 0 Å². The van der Waals surface area contributed by atoms with Gasteiger partial charge in [0.05, 0.1) is 0 Å². The summed E-state index contributed by atoms with van der Waals surface area (Å²) >= 11 is 0. The van der Waals surface area contributed by atoms with Gasteiger partial charge in [0.25, 0.3) is 0 Å². The number of aromatic hydroxyl groups is 1. The average Bonchev–Trinajstić information content (AvgIpc) is 3.07. The molecular formula is C28H24O. The van der Waals surface area contributed by atoms with Crippen LogP contribution in [0.1, 0.15) is 49.9 Å². The van der Waals surface area contributed by atoms with Crippen LogP contribution in [0.15, 0.2) is 66.7 Å². The SMILES string of the molecule is CC1(C)c2ccccc2-c2cc3c(cc21)-c1c(cc(O)c2ccccc12)C3(C)C. The fourth-order valence-corrected chi connectivity index (χ4v) is 5.76. The molecule has 0 radical (unpaired) electrons. The highest BCUT2D eigenvalue weighted by atomic mass is 16.3. The lowest BCUT2D eigenvalue weighted by molar-refractivity contribution is 0.479. The van der Waals surface area contributed by atoms with Gasteiger partial charge in [-0.1, -0.05) is 76.2 Å². The van der Waals surface area contributed by atoms with E-state index in [4.69, 9.17) is 0 Å². The molecule has 0 heterocycles. The van der Waals surface area contributed by atoms with Gasteiger partial charge in [0.2, 0.25) is 0 Å². The molecule has 0 amide bonds. The van der Waals surface area contributed by atoms with Crippen molar-refractivity contribution in [2.45, 2.75) is 38.5 Å². The predicted octanol–water partition coefficient (Wildman–Crippen LogP) is 7.16. The number of phenolic OH excluding ortho intramolecular Hbond substituents is 1. The van der Waals surface area contributed by atoms with Crippen LogP contribution in [0.4, 0.5) is 0 Å². The molecule has 0 unspecified atom stereocenters. The molecule has 1 nitrogen and oxygen atoms in total. The van der Waals surface area contributed by atoms with Crippen LogP contribution in [-0.2, 0) is 10.8 Å². The van der Waals surface area contributed by atoms with Crippen LogP contribution in [0.3, 0.4) is 0 Å². The number of hydrogen-bond acceptors (Lipinski definition) is 1. The molecule has 0 aromatic heterocycles. The Morgan fingerprint density at radius 3 is 1.93 bits per heavy atom. The highest BCUT2D eigenvalue weighted by Gasteiger charge is 2.42. The Morgan fingerprint density at radius 1 is 0.552 bits per heavy atom. The fraction of sp³-hybridized carbons (Fsp3) is 0.214. The Labute approximate surface area is 171 Å². The van der Waals surface area contributed by atoms with Gasteiger partial charge < -0.3 is 5.11 Å².